The average Bonchev–Trinajstić information content (AvgIpc) is 2.55. The molecule has 1 amide bonds. The van der Waals surface area contributed by atoms with Gasteiger partial charge in [0.05, 0.1) is 17.7 Å². The van der Waals surface area contributed by atoms with E-state index in [1.807, 2.05) is 25.1 Å². The van der Waals surface area contributed by atoms with Crippen molar-refractivity contribution in [1.29, 1.82) is 0 Å². The molecule has 0 aliphatic rings. The molecular weight excluding hydrogens is 439 g/mol. The first-order valence-electron chi connectivity index (χ1n) is 7.16. The second kappa shape index (κ2) is 8.42. The number of nitro groups is 1. The number of non-ortho nitro benzene ring substituents is 1. The van der Waals surface area contributed by atoms with E-state index < -0.39 is 4.92 Å². The molecule has 2 aromatic carbocycles. The third-order valence-corrected chi connectivity index (χ3v) is 3.91. The van der Waals surface area contributed by atoms with Gasteiger partial charge in [0.15, 0.2) is 0 Å². The van der Waals surface area contributed by atoms with Crippen LogP contribution in [0.15, 0.2) is 41.5 Å². The molecule has 0 bridgehead atoms. The predicted octanol–water partition coefficient (Wildman–Crippen LogP) is 2.78. The lowest BCUT2D eigenvalue weighted by atomic mass is 10.2. The Hall–Kier alpha value is -2.69. The van der Waals surface area contributed by atoms with Gasteiger partial charge >= 0.3 is 0 Å². The van der Waals surface area contributed by atoms with Gasteiger partial charge in [-0.25, -0.2) is 5.43 Å². The number of phenols is 1. The minimum absolute atomic E-state index is 0.0136. The highest BCUT2D eigenvalue weighted by atomic mass is 127. The first-order valence-corrected chi connectivity index (χ1v) is 8.24. The van der Waals surface area contributed by atoms with Crippen LogP contribution in [-0.2, 0) is 4.79 Å². The van der Waals surface area contributed by atoms with Crippen LogP contribution in [0.25, 0.3) is 0 Å². The van der Waals surface area contributed by atoms with Gasteiger partial charge in [-0.1, -0.05) is 0 Å². The Bertz CT molecular complexity index is 839. The fourth-order valence-corrected chi connectivity index (χ4v) is 2.62. The molecular formula is C16H15IN4O4. The summed E-state index contributed by atoms with van der Waals surface area (Å²) in [5, 5.41) is 27.1. The van der Waals surface area contributed by atoms with E-state index in [0.29, 0.717) is 0 Å². The monoisotopic (exact) mass is 454 g/mol. The molecule has 0 heterocycles. The Morgan fingerprint density at radius 2 is 2.12 bits per heavy atom. The molecule has 0 aliphatic carbocycles. The number of aromatic hydroxyl groups is 1. The van der Waals surface area contributed by atoms with E-state index in [4.69, 9.17) is 0 Å². The Morgan fingerprint density at radius 1 is 1.36 bits per heavy atom. The lowest BCUT2D eigenvalue weighted by Gasteiger charge is -2.08. The molecule has 0 saturated heterocycles. The first kappa shape index (κ1) is 18.6. The van der Waals surface area contributed by atoms with Crippen molar-refractivity contribution in [1.82, 2.24) is 5.43 Å². The molecule has 8 nitrogen and oxygen atoms in total. The number of hydrogen-bond donors (Lipinski definition) is 3. The minimum Gasteiger partial charge on any atom is -0.507 e. The van der Waals surface area contributed by atoms with E-state index >= 15 is 0 Å². The Balaban J connectivity index is 1.92. The zero-order chi connectivity index (χ0) is 18.4. The van der Waals surface area contributed by atoms with Crippen LogP contribution in [0.1, 0.15) is 11.1 Å². The average molecular weight is 454 g/mol. The number of anilines is 1. The Labute approximate surface area is 157 Å². The summed E-state index contributed by atoms with van der Waals surface area (Å²) in [6.07, 6.45) is 1.15. The molecule has 0 unspecified atom stereocenters. The molecule has 0 spiro atoms. The van der Waals surface area contributed by atoms with E-state index in [9.17, 15) is 20.0 Å². The third-order valence-electron chi connectivity index (χ3n) is 3.24. The Kier molecular flexibility index (Phi) is 6.28. The summed E-state index contributed by atoms with van der Waals surface area (Å²) in [6, 6.07) is 9.34. The third kappa shape index (κ3) is 5.41. The molecule has 0 saturated carbocycles. The Morgan fingerprint density at radius 3 is 2.80 bits per heavy atom. The standard InChI is InChI=1S/C16H15IN4O4/c1-10-6-12(17)2-4-14(10)18-9-16(23)20-19-8-11-7-13(21(24)25)3-5-15(11)22/h2-8,18,22H,9H2,1H3,(H,20,23)/b19-8-. The molecule has 0 radical (unpaired) electrons. The molecule has 0 atom stereocenters. The van der Waals surface area contributed by atoms with Gasteiger partial charge in [-0.3, -0.25) is 14.9 Å². The molecule has 9 heteroatoms. The van der Waals surface area contributed by atoms with Crippen LogP contribution in [0, 0.1) is 20.6 Å². The van der Waals surface area contributed by atoms with Gasteiger partial charge in [0.2, 0.25) is 0 Å². The topological polar surface area (TPSA) is 117 Å². The number of hydrazone groups is 1. The van der Waals surface area contributed by atoms with E-state index in [-0.39, 0.29) is 29.5 Å². The quantitative estimate of drug-likeness (QED) is 0.269. The van der Waals surface area contributed by atoms with Crippen LogP contribution < -0.4 is 10.7 Å². The summed E-state index contributed by atoms with van der Waals surface area (Å²) < 4.78 is 1.10. The van der Waals surface area contributed by atoms with Crippen LogP contribution in [0.3, 0.4) is 0 Å². The number of carbonyl (C=O) groups excluding carboxylic acids is 1. The largest absolute Gasteiger partial charge is 0.507 e. The van der Waals surface area contributed by atoms with Crippen LogP contribution in [0.5, 0.6) is 5.75 Å². The minimum atomic E-state index is -0.581. The highest BCUT2D eigenvalue weighted by molar-refractivity contribution is 14.1. The van der Waals surface area contributed by atoms with Crippen molar-refractivity contribution in [3.05, 3.63) is 61.2 Å². The maximum absolute atomic E-state index is 11.8. The number of hydrogen-bond acceptors (Lipinski definition) is 6. The number of phenolic OH excluding ortho intramolecular Hbond substituents is 1. The zero-order valence-electron chi connectivity index (χ0n) is 13.2. The van der Waals surface area contributed by atoms with Gasteiger partial charge in [-0.05, 0) is 59.3 Å². The molecule has 2 rings (SSSR count). The SMILES string of the molecule is Cc1cc(I)ccc1NCC(=O)N/N=C\c1cc([N+](=O)[O-])ccc1O. The summed E-state index contributed by atoms with van der Waals surface area (Å²) in [6.45, 7) is 1.95. The first-order chi connectivity index (χ1) is 11.9. The van der Waals surface area contributed by atoms with Crippen molar-refractivity contribution in [2.75, 3.05) is 11.9 Å². The number of benzene rings is 2. The molecule has 130 valence electrons. The van der Waals surface area contributed by atoms with Crippen LogP contribution in [0.4, 0.5) is 11.4 Å². The van der Waals surface area contributed by atoms with Crippen molar-refractivity contribution in [3.63, 3.8) is 0 Å². The van der Waals surface area contributed by atoms with Crippen molar-refractivity contribution in [3.8, 4) is 5.75 Å². The van der Waals surface area contributed by atoms with Gasteiger partial charge in [-0.2, -0.15) is 5.10 Å². The number of nitrogens with one attached hydrogen (secondary N) is 2. The van der Waals surface area contributed by atoms with Crippen molar-refractivity contribution in [2.24, 2.45) is 5.10 Å². The highest BCUT2D eigenvalue weighted by Crippen LogP contribution is 2.21. The van der Waals surface area contributed by atoms with E-state index in [0.717, 1.165) is 27.1 Å². The van der Waals surface area contributed by atoms with Gasteiger partial charge in [0.25, 0.3) is 11.6 Å². The predicted molar refractivity (Wildman–Crippen MR) is 103 cm³/mol. The van der Waals surface area contributed by atoms with Gasteiger partial charge in [0.1, 0.15) is 5.75 Å². The number of aryl methyl sites for hydroxylation is 1. The number of nitrogens with zero attached hydrogens (tertiary/aromatic N) is 2. The number of amides is 1. The van der Waals surface area contributed by atoms with Crippen LogP contribution in [-0.4, -0.2) is 28.7 Å². The van der Waals surface area contributed by atoms with Crippen molar-refractivity contribution >= 4 is 46.1 Å². The molecule has 2 aromatic rings. The van der Waals surface area contributed by atoms with Crippen LogP contribution >= 0.6 is 22.6 Å². The molecule has 25 heavy (non-hydrogen) atoms. The van der Waals surface area contributed by atoms with Gasteiger partial charge in [0, 0.05) is 27.0 Å². The number of carbonyl (C=O) groups is 1. The highest BCUT2D eigenvalue weighted by Gasteiger charge is 2.09. The number of halogens is 1. The van der Waals surface area contributed by atoms with E-state index in [2.05, 4.69) is 38.4 Å². The maximum Gasteiger partial charge on any atom is 0.270 e. The fraction of sp³-hybridized carbons (Fsp3) is 0.125. The summed E-state index contributed by atoms with van der Waals surface area (Å²) in [5.74, 6) is -0.560. The second-order valence-corrected chi connectivity index (χ2v) is 6.35. The van der Waals surface area contributed by atoms with Crippen molar-refractivity contribution in [2.45, 2.75) is 6.92 Å². The molecule has 0 fully saturated rings. The molecule has 0 aliphatic heterocycles. The van der Waals surface area contributed by atoms with Gasteiger partial charge < -0.3 is 10.4 Å². The zero-order valence-corrected chi connectivity index (χ0v) is 15.4. The smallest absolute Gasteiger partial charge is 0.270 e. The normalized spacial score (nSPS) is 10.6. The molecule has 0 aromatic heterocycles. The summed E-state index contributed by atoms with van der Waals surface area (Å²) in [4.78, 5) is 21.9. The fourth-order valence-electron chi connectivity index (χ4n) is 1.97. The summed E-state index contributed by atoms with van der Waals surface area (Å²) in [5.41, 5.74) is 4.11. The van der Waals surface area contributed by atoms with Gasteiger partial charge in [-0.15, -0.1) is 0 Å². The van der Waals surface area contributed by atoms with E-state index in [1.165, 1.54) is 12.1 Å². The lowest BCUT2D eigenvalue weighted by molar-refractivity contribution is -0.384. The lowest BCUT2D eigenvalue weighted by Crippen LogP contribution is -2.26. The maximum atomic E-state index is 11.8. The molecule has 3 N–H and O–H groups in total. The summed E-state index contributed by atoms with van der Waals surface area (Å²) in [7, 11) is 0. The number of nitro benzene ring substituents is 1. The van der Waals surface area contributed by atoms with Crippen LogP contribution in [0.2, 0.25) is 0 Å². The second-order valence-electron chi connectivity index (χ2n) is 5.11. The number of rotatable bonds is 6. The van der Waals surface area contributed by atoms with E-state index in [1.54, 1.807) is 0 Å². The van der Waals surface area contributed by atoms with Crippen molar-refractivity contribution < 1.29 is 14.8 Å². The summed E-state index contributed by atoms with van der Waals surface area (Å²) >= 11 is 2.21.